The lowest BCUT2D eigenvalue weighted by Crippen LogP contribution is -1.83. The van der Waals surface area contributed by atoms with E-state index in [2.05, 4.69) is 30.6 Å². The van der Waals surface area contributed by atoms with Crippen LogP contribution in [0.15, 0.2) is 40.8 Å². The van der Waals surface area contributed by atoms with Gasteiger partial charge in [0.1, 0.15) is 5.69 Å². The summed E-state index contributed by atoms with van der Waals surface area (Å²) in [6.45, 7) is 1.84. The molecule has 7 nitrogen and oxygen atoms in total. The number of aromatic amines is 1. The van der Waals surface area contributed by atoms with E-state index in [1.54, 1.807) is 12.4 Å². The Morgan fingerprint density at radius 1 is 1.16 bits per heavy atom. The average Bonchev–Trinajstić information content (AvgIpc) is 2.76. The van der Waals surface area contributed by atoms with Crippen LogP contribution in [0.5, 0.6) is 0 Å². The first-order valence-electron chi connectivity index (χ1n) is 5.67. The predicted molar refractivity (Wildman–Crippen MR) is 71.5 cm³/mol. The van der Waals surface area contributed by atoms with Crippen molar-refractivity contribution in [3.05, 3.63) is 36.3 Å². The maximum atomic E-state index is 5.70. The summed E-state index contributed by atoms with van der Waals surface area (Å²) in [7, 11) is 0. The van der Waals surface area contributed by atoms with E-state index in [9.17, 15) is 0 Å². The highest BCUT2D eigenvalue weighted by atomic mass is 15.2. The smallest absolute Gasteiger partial charge is 0.173 e. The van der Waals surface area contributed by atoms with Gasteiger partial charge >= 0.3 is 0 Å². The third kappa shape index (κ3) is 2.01. The third-order valence-electron chi connectivity index (χ3n) is 2.77. The second kappa shape index (κ2) is 4.45. The second-order valence-corrected chi connectivity index (χ2v) is 4.05. The van der Waals surface area contributed by atoms with E-state index in [1.807, 2.05) is 25.1 Å². The fourth-order valence-electron chi connectivity index (χ4n) is 1.77. The number of benzene rings is 1. The molecule has 0 aliphatic carbocycles. The normalized spacial score (nSPS) is 11.4. The number of aryl methyl sites for hydroxylation is 1. The summed E-state index contributed by atoms with van der Waals surface area (Å²) in [5.41, 5.74) is 7.75. The number of azo groups is 1. The molecule has 3 N–H and O–H groups in total. The van der Waals surface area contributed by atoms with Crippen LogP contribution in [0.2, 0.25) is 0 Å². The van der Waals surface area contributed by atoms with Gasteiger partial charge in [0.05, 0.1) is 23.8 Å². The van der Waals surface area contributed by atoms with Crippen LogP contribution in [0.4, 0.5) is 17.2 Å². The number of nitrogen functional groups attached to an aromatic ring is 1. The van der Waals surface area contributed by atoms with Gasteiger partial charge in [-0.15, -0.1) is 10.2 Å². The summed E-state index contributed by atoms with van der Waals surface area (Å²) < 4.78 is 0. The number of hydrogen-bond acceptors (Lipinski definition) is 6. The van der Waals surface area contributed by atoms with Crippen molar-refractivity contribution in [3.63, 3.8) is 0 Å². The summed E-state index contributed by atoms with van der Waals surface area (Å²) in [5, 5.41) is 24.5. The van der Waals surface area contributed by atoms with Crippen molar-refractivity contribution in [1.82, 2.24) is 20.4 Å². The first kappa shape index (κ1) is 11.3. The van der Waals surface area contributed by atoms with Crippen molar-refractivity contribution in [1.29, 1.82) is 0 Å². The molecule has 0 bridgehead atoms. The lowest BCUT2D eigenvalue weighted by molar-refractivity contribution is 1.05. The van der Waals surface area contributed by atoms with Gasteiger partial charge in [-0.1, -0.05) is 12.1 Å². The lowest BCUT2D eigenvalue weighted by Gasteiger charge is -1.98. The van der Waals surface area contributed by atoms with Gasteiger partial charge in [-0.25, -0.2) is 0 Å². The fourth-order valence-corrected chi connectivity index (χ4v) is 1.77. The lowest BCUT2D eigenvalue weighted by atomic mass is 10.2. The zero-order chi connectivity index (χ0) is 13.2. The summed E-state index contributed by atoms with van der Waals surface area (Å²) in [5.74, 6) is 0.335. The summed E-state index contributed by atoms with van der Waals surface area (Å²) >= 11 is 0. The average molecular weight is 253 g/mol. The minimum absolute atomic E-state index is 0.335. The summed E-state index contributed by atoms with van der Waals surface area (Å²) in [4.78, 5) is 0. The number of anilines is 1. The molecule has 3 rings (SSSR count). The van der Waals surface area contributed by atoms with Gasteiger partial charge in [0, 0.05) is 10.8 Å². The molecule has 3 aromatic rings. The SMILES string of the molecule is Cc1[nH]nc(N)c1N=Nc1cccc2cnncc12. The molecule has 2 aromatic heterocycles. The van der Waals surface area contributed by atoms with Crippen molar-refractivity contribution in [2.75, 3.05) is 5.73 Å². The van der Waals surface area contributed by atoms with Gasteiger partial charge < -0.3 is 5.73 Å². The van der Waals surface area contributed by atoms with Crippen molar-refractivity contribution in [3.8, 4) is 0 Å². The van der Waals surface area contributed by atoms with Crippen LogP contribution in [0, 0.1) is 6.92 Å². The van der Waals surface area contributed by atoms with E-state index in [1.165, 1.54) is 0 Å². The van der Waals surface area contributed by atoms with E-state index in [0.717, 1.165) is 16.5 Å². The van der Waals surface area contributed by atoms with E-state index >= 15 is 0 Å². The number of aromatic nitrogens is 4. The molecule has 0 aliphatic rings. The maximum absolute atomic E-state index is 5.70. The van der Waals surface area contributed by atoms with Crippen LogP contribution < -0.4 is 5.73 Å². The number of hydrogen-bond donors (Lipinski definition) is 2. The molecule has 19 heavy (non-hydrogen) atoms. The first-order valence-corrected chi connectivity index (χ1v) is 5.67. The molecule has 1 aromatic carbocycles. The van der Waals surface area contributed by atoms with E-state index in [4.69, 9.17) is 5.73 Å². The van der Waals surface area contributed by atoms with Gasteiger partial charge in [-0.3, -0.25) is 5.10 Å². The maximum Gasteiger partial charge on any atom is 0.173 e. The highest BCUT2D eigenvalue weighted by Crippen LogP contribution is 2.29. The summed E-state index contributed by atoms with van der Waals surface area (Å²) in [6, 6.07) is 5.70. The van der Waals surface area contributed by atoms with Gasteiger partial charge in [0.15, 0.2) is 5.82 Å². The van der Waals surface area contributed by atoms with Gasteiger partial charge in [-0.05, 0) is 13.0 Å². The van der Waals surface area contributed by atoms with Crippen molar-refractivity contribution < 1.29 is 0 Å². The number of rotatable bonds is 2. The van der Waals surface area contributed by atoms with Crippen molar-refractivity contribution in [2.24, 2.45) is 10.2 Å². The molecule has 0 saturated carbocycles. The number of nitrogens with zero attached hydrogens (tertiary/aromatic N) is 5. The quantitative estimate of drug-likeness (QED) is 0.685. The van der Waals surface area contributed by atoms with E-state index in [0.29, 0.717) is 17.2 Å². The molecule has 94 valence electrons. The van der Waals surface area contributed by atoms with Crippen LogP contribution in [0.1, 0.15) is 5.69 Å². The topological polar surface area (TPSA) is 105 Å². The second-order valence-electron chi connectivity index (χ2n) is 4.05. The monoisotopic (exact) mass is 253 g/mol. The molecular weight excluding hydrogens is 242 g/mol. The Morgan fingerprint density at radius 2 is 2.00 bits per heavy atom. The molecule has 0 saturated heterocycles. The Balaban J connectivity index is 2.07. The van der Waals surface area contributed by atoms with Crippen molar-refractivity contribution >= 4 is 28.0 Å². The van der Waals surface area contributed by atoms with Crippen LogP contribution in [-0.2, 0) is 0 Å². The van der Waals surface area contributed by atoms with Crippen LogP contribution in [0.3, 0.4) is 0 Å². The van der Waals surface area contributed by atoms with E-state index < -0.39 is 0 Å². The Bertz CT molecular complexity index is 735. The Hall–Kier alpha value is -2.83. The largest absolute Gasteiger partial charge is 0.380 e. The number of fused-ring (bicyclic) bond motifs is 1. The van der Waals surface area contributed by atoms with Crippen LogP contribution >= 0.6 is 0 Å². The van der Waals surface area contributed by atoms with Gasteiger partial charge in [-0.2, -0.15) is 15.3 Å². The standard InChI is InChI=1S/C12H11N7/c1-7-11(12(13)19-16-7)18-17-10-4-2-3-8-5-14-15-6-9(8)10/h2-6H,1H3,(H3,13,16,19). The third-order valence-corrected chi connectivity index (χ3v) is 2.77. The number of nitrogens with two attached hydrogens (primary N) is 1. The predicted octanol–water partition coefficient (Wildman–Crippen LogP) is 2.66. The highest BCUT2D eigenvalue weighted by Gasteiger charge is 2.06. The number of nitrogens with one attached hydrogen (secondary N) is 1. The van der Waals surface area contributed by atoms with Crippen LogP contribution in [0.25, 0.3) is 10.8 Å². The zero-order valence-corrected chi connectivity index (χ0v) is 10.2. The van der Waals surface area contributed by atoms with Crippen molar-refractivity contribution in [2.45, 2.75) is 6.92 Å². The Labute approximate surface area is 108 Å². The Morgan fingerprint density at radius 3 is 2.79 bits per heavy atom. The molecule has 2 heterocycles. The van der Waals surface area contributed by atoms with Crippen LogP contribution in [-0.4, -0.2) is 20.4 Å². The molecule has 0 fully saturated rings. The molecule has 0 unspecified atom stereocenters. The molecule has 0 aliphatic heterocycles. The minimum Gasteiger partial charge on any atom is -0.380 e. The Kier molecular flexibility index (Phi) is 2.64. The molecule has 0 atom stereocenters. The zero-order valence-electron chi connectivity index (χ0n) is 10.2. The summed E-state index contributed by atoms with van der Waals surface area (Å²) in [6.07, 6.45) is 3.35. The number of H-pyrrole nitrogens is 1. The molecule has 0 radical (unpaired) electrons. The molecule has 0 amide bonds. The molecule has 0 spiro atoms. The fraction of sp³-hybridized carbons (Fsp3) is 0.0833. The molecule has 7 heteroatoms. The first-order chi connectivity index (χ1) is 9.25. The van der Waals surface area contributed by atoms with Gasteiger partial charge in [0.25, 0.3) is 0 Å². The highest BCUT2D eigenvalue weighted by molar-refractivity contribution is 5.90. The minimum atomic E-state index is 0.335. The molecular formula is C12H11N7. The van der Waals surface area contributed by atoms with E-state index in [-0.39, 0.29) is 0 Å². The van der Waals surface area contributed by atoms with Gasteiger partial charge in [0.2, 0.25) is 0 Å².